The molecule has 1 aromatic carbocycles. The third kappa shape index (κ3) is 5.53. The summed E-state index contributed by atoms with van der Waals surface area (Å²) in [6, 6.07) is 5.52. The molecule has 0 aromatic heterocycles. The Kier molecular flexibility index (Phi) is 4.93. The van der Waals surface area contributed by atoms with Crippen molar-refractivity contribution in [2.24, 2.45) is 0 Å². The number of hydrogen-bond donors (Lipinski definition) is 2. The van der Waals surface area contributed by atoms with Crippen LogP contribution in [0.1, 0.15) is 25.7 Å². The lowest BCUT2D eigenvalue weighted by atomic mass is 10.2. The lowest BCUT2D eigenvalue weighted by molar-refractivity contribution is -0.274. The Labute approximate surface area is 120 Å². The monoisotopic (exact) mass is 302 g/mol. The number of alkyl halides is 3. The maximum atomic E-state index is 12.0. The third-order valence-corrected chi connectivity index (χ3v) is 3.26. The maximum Gasteiger partial charge on any atom is 0.573 e. The molecule has 1 saturated carbocycles. The standard InChI is InChI=1S/C14H17F3N2O2/c15-14(16,17)21-12-7-5-10(6-8-12)18-9-13(20)19-11-3-1-2-4-11/h5-8,11,18H,1-4,9H2,(H,19,20). The number of ether oxygens (including phenoxy) is 1. The van der Waals surface area contributed by atoms with Crippen LogP contribution in [0.15, 0.2) is 24.3 Å². The zero-order valence-corrected chi connectivity index (χ0v) is 11.4. The molecule has 0 unspecified atom stereocenters. The van der Waals surface area contributed by atoms with Crippen LogP contribution in [-0.4, -0.2) is 24.9 Å². The Morgan fingerprint density at radius 3 is 2.38 bits per heavy atom. The van der Waals surface area contributed by atoms with Crippen molar-refractivity contribution in [2.75, 3.05) is 11.9 Å². The minimum Gasteiger partial charge on any atom is -0.406 e. The highest BCUT2D eigenvalue weighted by Crippen LogP contribution is 2.23. The van der Waals surface area contributed by atoms with E-state index in [2.05, 4.69) is 15.4 Å². The molecule has 1 amide bonds. The number of amides is 1. The molecule has 1 aromatic rings. The highest BCUT2D eigenvalue weighted by atomic mass is 19.4. The van der Waals surface area contributed by atoms with Gasteiger partial charge in [0.05, 0.1) is 6.54 Å². The summed E-state index contributed by atoms with van der Waals surface area (Å²) in [5.74, 6) is -0.402. The largest absolute Gasteiger partial charge is 0.573 e. The first kappa shape index (κ1) is 15.5. The van der Waals surface area contributed by atoms with Crippen LogP contribution in [0, 0.1) is 0 Å². The van der Waals surface area contributed by atoms with Gasteiger partial charge in [0.1, 0.15) is 5.75 Å². The first-order chi connectivity index (χ1) is 9.92. The summed E-state index contributed by atoms with van der Waals surface area (Å²) in [5, 5.41) is 5.78. The van der Waals surface area contributed by atoms with E-state index in [9.17, 15) is 18.0 Å². The number of carbonyl (C=O) groups excluding carboxylic acids is 1. The molecule has 7 heteroatoms. The number of carbonyl (C=O) groups is 1. The van der Waals surface area contributed by atoms with Crippen LogP contribution in [-0.2, 0) is 4.79 Å². The lowest BCUT2D eigenvalue weighted by Gasteiger charge is -2.13. The van der Waals surface area contributed by atoms with Crippen molar-refractivity contribution < 1.29 is 22.7 Å². The van der Waals surface area contributed by atoms with Crippen LogP contribution in [0.4, 0.5) is 18.9 Å². The number of anilines is 1. The van der Waals surface area contributed by atoms with E-state index in [4.69, 9.17) is 0 Å². The molecule has 1 aliphatic rings. The fourth-order valence-electron chi connectivity index (χ4n) is 2.31. The van der Waals surface area contributed by atoms with Gasteiger partial charge in [-0.25, -0.2) is 0 Å². The van der Waals surface area contributed by atoms with Crippen molar-refractivity contribution in [3.8, 4) is 5.75 Å². The summed E-state index contributed by atoms with van der Waals surface area (Å²) in [6.07, 6.45) is -0.404. The molecule has 0 atom stereocenters. The highest BCUT2D eigenvalue weighted by molar-refractivity contribution is 5.81. The average molecular weight is 302 g/mol. The number of rotatable bonds is 5. The zero-order valence-electron chi connectivity index (χ0n) is 11.4. The maximum absolute atomic E-state index is 12.0. The Hall–Kier alpha value is -1.92. The van der Waals surface area contributed by atoms with Gasteiger partial charge in [-0.1, -0.05) is 12.8 Å². The van der Waals surface area contributed by atoms with E-state index in [1.165, 1.54) is 24.3 Å². The normalized spacial score (nSPS) is 15.8. The molecule has 21 heavy (non-hydrogen) atoms. The van der Waals surface area contributed by atoms with Gasteiger partial charge in [-0.15, -0.1) is 13.2 Å². The molecule has 0 spiro atoms. The first-order valence-corrected chi connectivity index (χ1v) is 6.81. The molecule has 2 rings (SSSR count). The minimum absolute atomic E-state index is 0.0932. The van der Waals surface area contributed by atoms with Crippen molar-refractivity contribution in [3.63, 3.8) is 0 Å². The predicted molar refractivity (Wildman–Crippen MR) is 72.0 cm³/mol. The van der Waals surface area contributed by atoms with E-state index < -0.39 is 6.36 Å². The second-order valence-corrected chi connectivity index (χ2v) is 4.97. The second-order valence-electron chi connectivity index (χ2n) is 4.97. The second kappa shape index (κ2) is 6.69. The van der Waals surface area contributed by atoms with Crippen LogP contribution in [0.5, 0.6) is 5.75 Å². The van der Waals surface area contributed by atoms with Gasteiger partial charge >= 0.3 is 6.36 Å². The Morgan fingerprint density at radius 1 is 1.19 bits per heavy atom. The van der Waals surface area contributed by atoms with Crippen LogP contribution in [0.2, 0.25) is 0 Å². The van der Waals surface area contributed by atoms with Crippen LogP contribution in [0.3, 0.4) is 0 Å². The topological polar surface area (TPSA) is 50.4 Å². The molecule has 0 bridgehead atoms. The molecular weight excluding hydrogens is 285 g/mol. The van der Waals surface area contributed by atoms with Crippen molar-refractivity contribution in [1.82, 2.24) is 5.32 Å². The molecular formula is C14H17F3N2O2. The number of benzene rings is 1. The zero-order chi connectivity index (χ0) is 15.3. The minimum atomic E-state index is -4.70. The van der Waals surface area contributed by atoms with Crippen molar-refractivity contribution in [1.29, 1.82) is 0 Å². The fourth-order valence-corrected chi connectivity index (χ4v) is 2.31. The summed E-state index contributed by atoms with van der Waals surface area (Å²) in [7, 11) is 0. The van der Waals surface area contributed by atoms with E-state index in [0.717, 1.165) is 25.7 Å². The molecule has 0 aliphatic heterocycles. The molecule has 0 saturated heterocycles. The Morgan fingerprint density at radius 2 is 1.81 bits per heavy atom. The van der Waals surface area contributed by atoms with E-state index in [0.29, 0.717) is 5.69 Å². The van der Waals surface area contributed by atoms with E-state index in [1.54, 1.807) is 0 Å². The predicted octanol–water partition coefficient (Wildman–Crippen LogP) is 3.06. The Balaban J connectivity index is 1.76. The smallest absolute Gasteiger partial charge is 0.406 e. The first-order valence-electron chi connectivity index (χ1n) is 6.81. The van der Waals surface area contributed by atoms with Gasteiger partial charge in [-0.05, 0) is 37.1 Å². The van der Waals surface area contributed by atoms with Gasteiger partial charge in [0, 0.05) is 11.7 Å². The van der Waals surface area contributed by atoms with Gasteiger partial charge in [-0.3, -0.25) is 4.79 Å². The van der Waals surface area contributed by atoms with E-state index in [1.807, 2.05) is 0 Å². The van der Waals surface area contributed by atoms with Gasteiger partial charge in [0.2, 0.25) is 5.91 Å². The SMILES string of the molecule is O=C(CNc1ccc(OC(F)(F)F)cc1)NC1CCCC1. The highest BCUT2D eigenvalue weighted by Gasteiger charge is 2.30. The summed E-state index contributed by atoms with van der Waals surface area (Å²) < 4.78 is 39.8. The number of nitrogens with one attached hydrogen (secondary N) is 2. The number of hydrogen-bond acceptors (Lipinski definition) is 3. The summed E-state index contributed by atoms with van der Waals surface area (Å²) in [4.78, 5) is 11.7. The molecule has 2 N–H and O–H groups in total. The Bertz CT molecular complexity index is 468. The van der Waals surface area contributed by atoms with Crippen molar-refractivity contribution in [2.45, 2.75) is 38.1 Å². The molecule has 116 valence electrons. The van der Waals surface area contributed by atoms with Crippen LogP contribution in [0.25, 0.3) is 0 Å². The van der Waals surface area contributed by atoms with E-state index in [-0.39, 0.29) is 24.2 Å². The molecule has 0 radical (unpaired) electrons. The van der Waals surface area contributed by atoms with Crippen LogP contribution >= 0.6 is 0 Å². The third-order valence-electron chi connectivity index (χ3n) is 3.26. The van der Waals surface area contributed by atoms with Gasteiger partial charge in [-0.2, -0.15) is 0 Å². The lowest BCUT2D eigenvalue weighted by Crippen LogP contribution is -2.36. The average Bonchev–Trinajstić information content (AvgIpc) is 2.89. The molecule has 4 nitrogen and oxygen atoms in total. The van der Waals surface area contributed by atoms with Gasteiger partial charge in [0.15, 0.2) is 0 Å². The quantitative estimate of drug-likeness (QED) is 0.879. The van der Waals surface area contributed by atoms with Crippen LogP contribution < -0.4 is 15.4 Å². The fraction of sp³-hybridized carbons (Fsp3) is 0.500. The van der Waals surface area contributed by atoms with Crippen molar-refractivity contribution in [3.05, 3.63) is 24.3 Å². The number of halogens is 3. The molecule has 1 fully saturated rings. The summed E-state index contributed by atoms with van der Waals surface area (Å²) >= 11 is 0. The molecule has 1 aliphatic carbocycles. The van der Waals surface area contributed by atoms with Crippen molar-refractivity contribution >= 4 is 11.6 Å². The van der Waals surface area contributed by atoms with E-state index >= 15 is 0 Å². The van der Waals surface area contributed by atoms with Gasteiger partial charge < -0.3 is 15.4 Å². The summed E-state index contributed by atoms with van der Waals surface area (Å²) in [6.45, 7) is 0.0932. The summed E-state index contributed by atoms with van der Waals surface area (Å²) in [5.41, 5.74) is 0.561. The molecule has 0 heterocycles. The van der Waals surface area contributed by atoms with Gasteiger partial charge in [0.25, 0.3) is 0 Å².